The number of thiocarbonyl (C=S) groups is 1. The van der Waals surface area contributed by atoms with Crippen LogP contribution in [0.2, 0.25) is 0 Å². The first kappa shape index (κ1) is 20.5. The number of nitrogens with one attached hydrogen (secondary N) is 2. The minimum Gasteiger partial charge on any atom is -0.496 e. The molecule has 6 heteroatoms. The fourth-order valence-electron chi connectivity index (χ4n) is 3.04. The van der Waals surface area contributed by atoms with Crippen LogP contribution < -0.4 is 20.1 Å². The Labute approximate surface area is 177 Å². The van der Waals surface area contributed by atoms with Crippen LogP contribution >= 0.6 is 12.2 Å². The van der Waals surface area contributed by atoms with Gasteiger partial charge in [0.15, 0.2) is 5.11 Å². The molecule has 0 radical (unpaired) electrons. The number of hydrogen-bond donors (Lipinski definition) is 2. The van der Waals surface area contributed by atoms with Gasteiger partial charge in [-0.3, -0.25) is 0 Å². The molecule has 0 aliphatic carbocycles. The lowest BCUT2D eigenvalue weighted by atomic mass is 10.1. The van der Waals surface area contributed by atoms with Crippen molar-refractivity contribution in [3.63, 3.8) is 0 Å². The molecule has 0 spiro atoms. The van der Waals surface area contributed by atoms with Crippen molar-refractivity contribution in [3.8, 4) is 11.5 Å². The van der Waals surface area contributed by atoms with Gasteiger partial charge >= 0.3 is 0 Å². The molecule has 0 fully saturated rings. The Bertz CT molecular complexity index is 950. The second kappa shape index (κ2) is 9.80. The first-order chi connectivity index (χ1) is 14.1. The highest BCUT2D eigenvalue weighted by Gasteiger charge is 2.23. The minimum atomic E-state index is -0.286. The van der Waals surface area contributed by atoms with Gasteiger partial charge in [-0.15, -0.1) is 0 Å². The van der Waals surface area contributed by atoms with Gasteiger partial charge < -0.3 is 25.0 Å². The van der Waals surface area contributed by atoms with Crippen molar-refractivity contribution in [2.24, 2.45) is 0 Å². The van der Waals surface area contributed by atoms with Gasteiger partial charge in [-0.2, -0.15) is 0 Å². The molecule has 0 amide bonds. The summed E-state index contributed by atoms with van der Waals surface area (Å²) in [4.78, 5) is 1.96. The highest BCUT2D eigenvalue weighted by atomic mass is 32.1. The summed E-state index contributed by atoms with van der Waals surface area (Å²) in [5.41, 5.74) is 2.75. The van der Waals surface area contributed by atoms with E-state index in [0.717, 1.165) is 28.4 Å². The van der Waals surface area contributed by atoms with E-state index in [1.165, 1.54) is 0 Å². The average molecular weight is 408 g/mol. The molecule has 0 heterocycles. The molecule has 0 bridgehead atoms. The minimum absolute atomic E-state index is 0.286. The Morgan fingerprint density at radius 2 is 1.41 bits per heavy atom. The number of methoxy groups -OCH3 is 2. The third kappa shape index (κ3) is 4.97. The Balaban J connectivity index is 1.94. The Kier molecular flexibility index (Phi) is 6.92. The van der Waals surface area contributed by atoms with Crippen LogP contribution in [0.1, 0.15) is 11.7 Å². The summed E-state index contributed by atoms with van der Waals surface area (Å²) in [7, 11) is 5.27. The molecule has 5 nitrogen and oxygen atoms in total. The topological polar surface area (TPSA) is 45.8 Å². The third-order valence-corrected chi connectivity index (χ3v) is 4.96. The van der Waals surface area contributed by atoms with Crippen molar-refractivity contribution >= 4 is 28.7 Å². The standard InChI is InChI=1S/C23H25N3O2S/c1-26(23(29)24-17-11-5-4-6-12-17)22(18-13-7-9-15-20(18)27-2)25-19-14-8-10-16-21(19)28-3/h4-16,22,25H,1-3H3,(H,24,29). The van der Waals surface area contributed by atoms with Crippen LogP contribution in [0, 0.1) is 0 Å². The molecule has 0 saturated heterocycles. The summed E-state index contributed by atoms with van der Waals surface area (Å²) in [6.45, 7) is 0. The molecule has 1 unspecified atom stereocenters. The highest BCUT2D eigenvalue weighted by molar-refractivity contribution is 7.80. The van der Waals surface area contributed by atoms with E-state index in [9.17, 15) is 0 Å². The first-order valence-corrected chi connectivity index (χ1v) is 9.66. The number of anilines is 2. The SMILES string of the molecule is COc1ccccc1NC(c1ccccc1OC)N(C)C(=S)Nc1ccccc1. The van der Waals surface area contributed by atoms with E-state index >= 15 is 0 Å². The maximum atomic E-state index is 5.69. The number of benzene rings is 3. The van der Waals surface area contributed by atoms with Gasteiger partial charge in [-0.25, -0.2) is 0 Å². The van der Waals surface area contributed by atoms with Crippen LogP contribution in [-0.4, -0.2) is 31.3 Å². The van der Waals surface area contributed by atoms with Gasteiger partial charge in [-0.1, -0.05) is 48.5 Å². The molecule has 2 N–H and O–H groups in total. The van der Waals surface area contributed by atoms with E-state index in [1.54, 1.807) is 14.2 Å². The summed E-state index contributed by atoms with van der Waals surface area (Å²) in [5, 5.41) is 7.42. The summed E-state index contributed by atoms with van der Waals surface area (Å²) < 4.78 is 11.1. The quantitative estimate of drug-likeness (QED) is 0.418. The molecule has 150 valence electrons. The lowest BCUT2D eigenvalue weighted by molar-refractivity contribution is 0.371. The van der Waals surface area contributed by atoms with Gasteiger partial charge in [0.1, 0.15) is 17.7 Å². The van der Waals surface area contributed by atoms with Crippen molar-refractivity contribution in [2.45, 2.75) is 6.17 Å². The predicted molar refractivity (Wildman–Crippen MR) is 123 cm³/mol. The Morgan fingerprint density at radius 1 is 0.828 bits per heavy atom. The van der Waals surface area contributed by atoms with E-state index in [-0.39, 0.29) is 6.17 Å². The molecule has 0 aromatic heterocycles. The summed E-state index contributed by atoms with van der Waals surface area (Å²) in [6, 6.07) is 25.5. The predicted octanol–water partition coefficient (Wildman–Crippen LogP) is 5.14. The number of rotatable bonds is 7. The molecule has 0 aliphatic rings. The lowest BCUT2D eigenvalue weighted by Crippen LogP contribution is -2.38. The second-order valence-electron chi connectivity index (χ2n) is 6.40. The van der Waals surface area contributed by atoms with E-state index in [1.807, 2.05) is 90.8 Å². The van der Waals surface area contributed by atoms with Crippen LogP contribution in [0.4, 0.5) is 11.4 Å². The average Bonchev–Trinajstić information content (AvgIpc) is 2.78. The van der Waals surface area contributed by atoms with Gasteiger partial charge in [-0.05, 0) is 42.5 Å². The molecule has 3 aromatic carbocycles. The van der Waals surface area contributed by atoms with E-state index < -0.39 is 0 Å². The van der Waals surface area contributed by atoms with Crippen LogP contribution in [0.25, 0.3) is 0 Å². The largest absolute Gasteiger partial charge is 0.496 e. The van der Waals surface area contributed by atoms with Crippen LogP contribution in [0.3, 0.4) is 0 Å². The van der Waals surface area contributed by atoms with Crippen molar-refractivity contribution in [1.29, 1.82) is 0 Å². The Morgan fingerprint density at radius 3 is 2.10 bits per heavy atom. The maximum Gasteiger partial charge on any atom is 0.175 e. The van der Waals surface area contributed by atoms with Gasteiger partial charge in [0, 0.05) is 18.3 Å². The third-order valence-electron chi connectivity index (χ3n) is 4.57. The van der Waals surface area contributed by atoms with Crippen LogP contribution in [0.15, 0.2) is 78.9 Å². The molecule has 3 rings (SSSR count). The smallest absolute Gasteiger partial charge is 0.175 e. The Hall–Kier alpha value is -3.25. The van der Waals surface area contributed by atoms with Crippen molar-refractivity contribution in [3.05, 3.63) is 84.4 Å². The summed E-state index contributed by atoms with van der Waals surface area (Å²) >= 11 is 5.69. The van der Waals surface area contributed by atoms with Gasteiger partial charge in [0.05, 0.1) is 19.9 Å². The molecular formula is C23H25N3O2S. The molecule has 0 aliphatic heterocycles. The normalized spacial score (nSPS) is 11.3. The van der Waals surface area contributed by atoms with Crippen molar-refractivity contribution in [2.75, 3.05) is 31.9 Å². The highest BCUT2D eigenvalue weighted by Crippen LogP contribution is 2.33. The van der Waals surface area contributed by atoms with E-state index in [2.05, 4.69) is 10.6 Å². The molecule has 1 atom stereocenters. The molecular weight excluding hydrogens is 382 g/mol. The molecule has 29 heavy (non-hydrogen) atoms. The van der Waals surface area contributed by atoms with Crippen LogP contribution in [0.5, 0.6) is 11.5 Å². The van der Waals surface area contributed by atoms with Gasteiger partial charge in [0.25, 0.3) is 0 Å². The molecule has 0 saturated carbocycles. The zero-order valence-corrected chi connectivity index (χ0v) is 17.6. The fraction of sp³-hybridized carbons (Fsp3) is 0.174. The number of ether oxygens (including phenoxy) is 2. The van der Waals surface area contributed by atoms with Crippen molar-refractivity contribution < 1.29 is 9.47 Å². The zero-order valence-electron chi connectivity index (χ0n) is 16.8. The zero-order chi connectivity index (χ0) is 20.6. The van der Waals surface area contributed by atoms with E-state index in [4.69, 9.17) is 21.7 Å². The molecule has 3 aromatic rings. The van der Waals surface area contributed by atoms with Gasteiger partial charge in [0.2, 0.25) is 0 Å². The number of hydrogen-bond acceptors (Lipinski definition) is 4. The number of nitrogens with zero attached hydrogens (tertiary/aromatic N) is 1. The maximum absolute atomic E-state index is 5.69. The summed E-state index contributed by atoms with van der Waals surface area (Å²) in [6.07, 6.45) is -0.286. The van der Waals surface area contributed by atoms with Crippen molar-refractivity contribution in [1.82, 2.24) is 4.90 Å². The monoisotopic (exact) mass is 407 g/mol. The fourth-order valence-corrected chi connectivity index (χ4v) is 3.26. The van der Waals surface area contributed by atoms with Crippen LogP contribution in [-0.2, 0) is 0 Å². The summed E-state index contributed by atoms with van der Waals surface area (Å²) in [5.74, 6) is 1.52. The lowest BCUT2D eigenvalue weighted by Gasteiger charge is -2.33. The number of para-hydroxylation sites is 4. The van der Waals surface area contributed by atoms with E-state index in [0.29, 0.717) is 5.11 Å². The second-order valence-corrected chi connectivity index (χ2v) is 6.78. The first-order valence-electron chi connectivity index (χ1n) is 9.25.